The predicted molar refractivity (Wildman–Crippen MR) is 115 cm³/mol. The molecule has 2 aromatic heterocycles. The molecule has 0 radical (unpaired) electrons. The molecule has 0 saturated heterocycles. The van der Waals surface area contributed by atoms with Crippen LogP contribution in [-0.4, -0.2) is 20.4 Å². The molecule has 4 aromatic rings. The van der Waals surface area contributed by atoms with Crippen molar-refractivity contribution in [2.24, 2.45) is 0 Å². The molecule has 0 fully saturated rings. The summed E-state index contributed by atoms with van der Waals surface area (Å²) in [6.07, 6.45) is 3.23. The maximum atomic E-state index is 12.6. The summed E-state index contributed by atoms with van der Waals surface area (Å²) < 4.78 is 2.20. The van der Waals surface area contributed by atoms with Crippen molar-refractivity contribution >= 4 is 16.9 Å². The van der Waals surface area contributed by atoms with Gasteiger partial charge in [-0.1, -0.05) is 35.9 Å². The molecule has 1 atom stereocenters. The molecule has 1 unspecified atom stereocenters. The fourth-order valence-corrected chi connectivity index (χ4v) is 3.57. The van der Waals surface area contributed by atoms with Crippen LogP contribution in [0.3, 0.4) is 0 Å². The van der Waals surface area contributed by atoms with Gasteiger partial charge in [0.1, 0.15) is 5.82 Å². The van der Waals surface area contributed by atoms with Gasteiger partial charge < -0.3 is 9.88 Å². The highest BCUT2D eigenvalue weighted by Gasteiger charge is 2.19. The van der Waals surface area contributed by atoms with Crippen LogP contribution in [0.1, 0.15) is 45.8 Å². The minimum absolute atomic E-state index is 0.157. The maximum Gasteiger partial charge on any atom is 0.253 e. The molecule has 29 heavy (non-hydrogen) atoms. The van der Waals surface area contributed by atoms with Crippen LogP contribution in [0.15, 0.2) is 67.0 Å². The van der Waals surface area contributed by atoms with Gasteiger partial charge in [0.15, 0.2) is 0 Å². The first-order valence-electron chi connectivity index (χ1n) is 9.75. The highest BCUT2D eigenvalue weighted by molar-refractivity contribution is 5.94. The molecule has 4 rings (SSSR count). The van der Waals surface area contributed by atoms with Gasteiger partial charge in [-0.2, -0.15) is 0 Å². The average molecular weight is 384 g/mol. The second-order valence-corrected chi connectivity index (χ2v) is 7.41. The van der Waals surface area contributed by atoms with E-state index in [2.05, 4.69) is 53.0 Å². The number of hydrogen-bond acceptors (Lipinski definition) is 3. The molecular weight excluding hydrogens is 360 g/mol. The summed E-state index contributed by atoms with van der Waals surface area (Å²) in [6.45, 7) is 6.90. The lowest BCUT2D eigenvalue weighted by Gasteiger charge is -2.17. The van der Waals surface area contributed by atoms with E-state index in [0.29, 0.717) is 12.1 Å². The third kappa shape index (κ3) is 3.90. The van der Waals surface area contributed by atoms with Gasteiger partial charge in [0, 0.05) is 18.9 Å². The first-order chi connectivity index (χ1) is 14.0. The third-order valence-corrected chi connectivity index (χ3v) is 5.18. The van der Waals surface area contributed by atoms with Crippen LogP contribution in [0.5, 0.6) is 0 Å². The molecule has 0 saturated carbocycles. The minimum Gasteiger partial charge on any atom is -0.342 e. The molecule has 0 bridgehead atoms. The molecule has 5 nitrogen and oxygen atoms in total. The van der Waals surface area contributed by atoms with E-state index >= 15 is 0 Å². The van der Waals surface area contributed by atoms with E-state index in [-0.39, 0.29) is 11.9 Å². The van der Waals surface area contributed by atoms with E-state index in [1.54, 1.807) is 24.5 Å². The van der Waals surface area contributed by atoms with E-state index in [1.807, 2.05) is 25.1 Å². The first kappa shape index (κ1) is 18.9. The number of amides is 1. The Morgan fingerprint density at radius 1 is 1.10 bits per heavy atom. The van der Waals surface area contributed by atoms with Crippen molar-refractivity contribution in [3.63, 3.8) is 0 Å². The van der Waals surface area contributed by atoms with Gasteiger partial charge in [-0.05, 0) is 56.2 Å². The summed E-state index contributed by atoms with van der Waals surface area (Å²) in [5.41, 5.74) is 6.25. The van der Waals surface area contributed by atoms with Gasteiger partial charge in [-0.15, -0.1) is 0 Å². The van der Waals surface area contributed by atoms with Crippen molar-refractivity contribution < 1.29 is 4.79 Å². The number of hydrogen-bond donors (Lipinski definition) is 1. The average Bonchev–Trinajstić information content (AvgIpc) is 3.10. The Kier molecular flexibility index (Phi) is 5.12. The number of para-hydroxylation sites is 2. The highest BCUT2D eigenvalue weighted by atomic mass is 16.1. The summed E-state index contributed by atoms with van der Waals surface area (Å²) in [7, 11) is 0. The van der Waals surface area contributed by atoms with Crippen LogP contribution in [0, 0.1) is 13.8 Å². The fraction of sp³-hybridized carbons (Fsp3) is 0.208. The van der Waals surface area contributed by atoms with Crippen LogP contribution in [0.25, 0.3) is 11.0 Å². The quantitative estimate of drug-likeness (QED) is 0.548. The number of aryl methyl sites for hydroxylation is 2. The zero-order chi connectivity index (χ0) is 20.4. The van der Waals surface area contributed by atoms with E-state index < -0.39 is 0 Å². The number of carbonyl (C=O) groups is 1. The number of pyridine rings is 1. The van der Waals surface area contributed by atoms with Gasteiger partial charge >= 0.3 is 0 Å². The summed E-state index contributed by atoms with van der Waals surface area (Å²) >= 11 is 0. The normalized spacial score (nSPS) is 12.1. The van der Waals surface area contributed by atoms with E-state index in [9.17, 15) is 4.79 Å². The van der Waals surface area contributed by atoms with Crippen LogP contribution in [0.4, 0.5) is 0 Å². The number of rotatable bonds is 5. The second kappa shape index (κ2) is 7.87. The number of benzene rings is 2. The number of aromatic nitrogens is 3. The minimum atomic E-state index is -0.250. The SMILES string of the molecule is Cc1ccc(C)c(Cn2c(C(C)NC(=O)c3cccnc3)nc3ccccc32)c1. The molecule has 1 amide bonds. The largest absolute Gasteiger partial charge is 0.342 e. The highest BCUT2D eigenvalue weighted by Crippen LogP contribution is 2.24. The number of nitrogens with one attached hydrogen (secondary N) is 1. The van der Waals surface area contributed by atoms with Gasteiger partial charge in [0.25, 0.3) is 5.91 Å². The zero-order valence-electron chi connectivity index (χ0n) is 16.9. The van der Waals surface area contributed by atoms with E-state index in [4.69, 9.17) is 4.98 Å². The summed E-state index contributed by atoms with van der Waals surface area (Å²) in [4.78, 5) is 21.5. The summed E-state index contributed by atoms with van der Waals surface area (Å²) in [5, 5.41) is 3.06. The van der Waals surface area contributed by atoms with Crippen molar-refractivity contribution in [2.45, 2.75) is 33.4 Å². The molecule has 2 aromatic carbocycles. The Morgan fingerprint density at radius 3 is 2.72 bits per heavy atom. The van der Waals surface area contributed by atoms with Gasteiger partial charge in [-0.3, -0.25) is 9.78 Å². The van der Waals surface area contributed by atoms with E-state index in [1.165, 1.54) is 16.7 Å². The molecule has 0 spiro atoms. The predicted octanol–water partition coefficient (Wildman–Crippen LogP) is 4.59. The Labute approximate surface area is 170 Å². The van der Waals surface area contributed by atoms with Crippen molar-refractivity contribution in [1.29, 1.82) is 0 Å². The van der Waals surface area contributed by atoms with E-state index in [0.717, 1.165) is 16.9 Å². The van der Waals surface area contributed by atoms with Crippen LogP contribution >= 0.6 is 0 Å². The third-order valence-electron chi connectivity index (χ3n) is 5.18. The molecule has 0 aliphatic heterocycles. The second-order valence-electron chi connectivity index (χ2n) is 7.41. The van der Waals surface area contributed by atoms with Crippen molar-refractivity contribution in [3.8, 4) is 0 Å². The Bertz CT molecular complexity index is 1160. The molecule has 2 heterocycles. The Balaban J connectivity index is 1.71. The van der Waals surface area contributed by atoms with Gasteiger partial charge in [-0.25, -0.2) is 4.98 Å². The summed E-state index contributed by atoms with van der Waals surface area (Å²) in [6, 6.07) is 17.9. The van der Waals surface area contributed by atoms with Crippen LogP contribution in [0.2, 0.25) is 0 Å². The van der Waals surface area contributed by atoms with Crippen molar-refractivity contribution in [2.75, 3.05) is 0 Å². The fourth-order valence-electron chi connectivity index (χ4n) is 3.57. The lowest BCUT2D eigenvalue weighted by Crippen LogP contribution is -2.29. The first-order valence-corrected chi connectivity index (χ1v) is 9.75. The smallest absolute Gasteiger partial charge is 0.253 e. The zero-order valence-corrected chi connectivity index (χ0v) is 16.9. The summed E-state index contributed by atoms with van der Waals surface area (Å²) in [5.74, 6) is 0.681. The number of fused-ring (bicyclic) bond motifs is 1. The number of imidazole rings is 1. The molecular formula is C24H24N4O. The van der Waals surface area contributed by atoms with Crippen LogP contribution < -0.4 is 5.32 Å². The molecule has 1 N–H and O–H groups in total. The lowest BCUT2D eigenvalue weighted by atomic mass is 10.1. The number of nitrogens with zero attached hydrogens (tertiary/aromatic N) is 3. The molecule has 5 heteroatoms. The standard InChI is InChI=1S/C24H24N4O/c1-16-10-11-17(2)20(13-16)15-28-22-9-5-4-8-21(22)27-23(28)18(3)26-24(29)19-7-6-12-25-14-19/h4-14,18H,15H2,1-3H3,(H,26,29). The van der Waals surface area contributed by atoms with Crippen molar-refractivity contribution in [3.05, 3.63) is 95.1 Å². The van der Waals surface area contributed by atoms with Crippen LogP contribution in [-0.2, 0) is 6.54 Å². The lowest BCUT2D eigenvalue weighted by molar-refractivity contribution is 0.0937. The monoisotopic (exact) mass is 384 g/mol. The maximum absolute atomic E-state index is 12.6. The number of carbonyl (C=O) groups excluding carboxylic acids is 1. The topological polar surface area (TPSA) is 59.8 Å². The van der Waals surface area contributed by atoms with Gasteiger partial charge in [0.05, 0.1) is 22.6 Å². The van der Waals surface area contributed by atoms with Gasteiger partial charge in [0.2, 0.25) is 0 Å². The molecule has 0 aliphatic rings. The molecule has 0 aliphatic carbocycles. The Morgan fingerprint density at radius 2 is 1.93 bits per heavy atom. The molecule has 146 valence electrons. The Hall–Kier alpha value is -3.47. The van der Waals surface area contributed by atoms with Crippen molar-refractivity contribution in [1.82, 2.24) is 19.9 Å².